The van der Waals surface area contributed by atoms with Crippen LogP contribution in [-0.2, 0) is 9.68 Å². The summed E-state index contributed by atoms with van der Waals surface area (Å²) in [5.41, 5.74) is 2.83. The predicted octanol–water partition coefficient (Wildman–Crippen LogP) is 2.15. The van der Waals surface area contributed by atoms with Crippen LogP contribution in [0.25, 0.3) is 32.8 Å². The number of rotatable bonds is 6. The molecule has 2 heterocycles. The Morgan fingerprint density at radius 2 is 1.07 bits per heavy atom. The van der Waals surface area contributed by atoms with Gasteiger partial charge in [0.1, 0.15) is 5.15 Å². The minimum atomic E-state index is -1.35. The van der Waals surface area contributed by atoms with Crippen LogP contribution >= 0.6 is 11.6 Å². The SMILES string of the molecule is CC[Si](C)(C)C.C[Si](C)(C)c1ccc(-c2nccc3ccccc23)cc1.C[Si](C)(C)c1ccc(B(O)O)cc1.Clc1nccc2ccccc12.O=CO[O-].[Cs+].[Cs+].[H-]. The Hall–Kier alpha value is 0.159. The van der Waals surface area contributed by atoms with E-state index in [-0.39, 0.29) is 146 Å². The Labute approximate surface area is 462 Å². The molecule has 0 bridgehead atoms. The van der Waals surface area contributed by atoms with Crippen molar-refractivity contribution in [2.45, 2.75) is 71.9 Å². The number of carbonyl (C=O) groups excluding carboxylic acids is 1. The molecule has 0 radical (unpaired) electrons. The first-order valence-corrected chi connectivity index (χ1v) is 29.0. The quantitative estimate of drug-likeness (QED) is 0.0865. The maximum atomic E-state index is 8.88. The van der Waals surface area contributed by atoms with Gasteiger partial charge in [0.15, 0.2) is 0 Å². The van der Waals surface area contributed by atoms with Gasteiger partial charge in [-0.2, -0.15) is 0 Å². The van der Waals surface area contributed by atoms with Crippen molar-refractivity contribution < 1.29 is 164 Å². The molecule has 0 unspecified atom stereocenters. The maximum Gasteiger partial charge on any atom is 1.00 e. The monoisotopic (exact) mass is 1060 g/mol. The van der Waals surface area contributed by atoms with Crippen molar-refractivity contribution in [2.75, 3.05) is 0 Å². The van der Waals surface area contributed by atoms with Gasteiger partial charge in [0.2, 0.25) is 0 Å². The molecule has 4 aromatic carbocycles. The normalized spacial score (nSPS) is 10.5. The van der Waals surface area contributed by atoms with Gasteiger partial charge in [-0.1, -0.05) is 191 Å². The van der Waals surface area contributed by atoms with Gasteiger partial charge in [-0.15, -0.1) is 0 Å². The second-order valence-corrected chi connectivity index (χ2v) is 32.2. The Bertz CT molecular complexity index is 2020. The predicted molar refractivity (Wildman–Crippen MR) is 238 cm³/mol. The fourth-order valence-corrected chi connectivity index (χ4v) is 7.28. The number of carbonyl (C=O) groups is 1. The van der Waals surface area contributed by atoms with E-state index in [0.717, 1.165) is 16.5 Å². The van der Waals surface area contributed by atoms with Crippen LogP contribution in [0.2, 0.25) is 70.1 Å². The summed E-state index contributed by atoms with van der Waals surface area (Å²) >= 11 is 5.85. The van der Waals surface area contributed by atoms with Crippen LogP contribution in [-0.4, -0.2) is 57.8 Å². The molecule has 0 saturated heterocycles. The Kier molecular flexibility index (Phi) is 28.0. The van der Waals surface area contributed by atoms with E-state index in [9.17, 15) is 0 Å². The van der Waals surface area contributed by atoms with Gasteiger partial charge in [-0.3, -0.25) is 9.78 Å². The van der Waals surface area contributed by atoms with Gasteiger partial charge in [0.25, 0.3) is 6.47 Å². The van der Waals surface area contributed by atoms with Gasteiger partial charge < -0.3 is 21.6 Å². The number of halogens is 1. The van der Waals surface area contributed by atoms with Crippen molar-refractivity contribution in [3.63, 3.8) is 0 Å². The zero-order valence-electron chi connectivity index (χ0n) is 36.3. The molecule has 0 amide bonds. The molecule has 0 spiro atoms. The number of fused-ring (bicyclic) bond motifs is 2. The van der Waals surface area contributed by atoms with Crippen LogP contribution in [0.15, 0.2) is 122 Å². The van der Waals surface area contributed by atoms with Crippen LogP contribution in [0.5, 0.6) is 0 Å². The van der Waals surface area contributed by atoms with Crippen LogP contribution in [0, 0.1) is 0 Å². The van der Waals surface area contributed by atoms with Gasteiger partial charge >= 0.3 is 145 Å². The number of benzene rings is 4. The number of hydrogen-bond acceptors (Lipinski definition) is 7. The fraction of sp³-hybridized carbons (Fsp3) is 0.262. The van der Waals surface area contributed by atoms with E-state index in [1.807, 2.05) is 48.7 Å². The smallest absolute Gasteiger partial charge is 1.00 e. The summed E-state index contributed by atoms with van der Waals surface area (Å²) in [6.45, 7) is 23.1. The number of pyridine rings is 2. The molecule has 0 saturated carbocycles. The Balaban J connectivity index is 0. The second-order valence-electron chi connectivity index (χ2n) is 15.9. The van der Waals surface area contributed by atoms with E-state index >= 15 is 0 Å². The summed E-state index contributed by atoms with van der Waals surface area (Å²) in [7, 11) is -4.47. The van der Waals surface area contributed by atoms with E-state index < -0.39 is 31.3 Å². The molecule has 2 aromatic heterocycles. The first kappa shape index (κ1) is 56.2. The minimum Gasteiger partial charge on any atom is -1.00 e. The molecule has 288 valence electrons. The molecule has 56 heavy (non-hydrogen) atoms. The zero-order chi connectivity index (χ0) is 40.5. The van der Waals surface area contributed by atoms with Crippen molar-refractivity contribution in [2.24, 2.45) is 0 Å². The molecule has 7 nitrogen and oxygen atoms in total. The summed E-state index contributed by atoms with van der Waals surface area (Å²) in [4.78, 5) is 19.8. The average Bonchev–Trinajstić information content (AvgIpc) is 3.15. The average molecular weight is 1070 g/mol. The van der Waals surface area contributed by atoms with Gasteiger partial charge in [0.05, 0.1) is 21.8 Å². The topological polar surface area (TPSA) is 116 Å². The van der Waals surface area contributed by atoms with E-state index in [4.69, 9.17) is 31.7 Å². The summed E-state index contributed by atoms with van der Waals surface area (Å²) in [5, 5.41) is 34.2. The molecule has 14 heteroatoms. The number of aromatic nitrogens is 2. The molecule has 0 aliphatic rings. The van der Waals surface area contributed by atoms with Crippen molar-refractivity contribution >= 4 is 86.8 Å². The minimum absolute atomic E-state index is 0. The molecule has 0 fully saturated rings. The standard InChI is InChI=1S/C18H19NSi.C9H15BO2Si.C9H6ClN.C5H14Si.CH2O3.2Cs.H/c1-20(2,3)16-10-8-15(9-11-16)18-17-7-5-4-6-14(17)12-13-19-18;1-13(2,3)9-6-4-8(5-7-9)10(11)12;10-9-8-4-2-1-3-7(8)5-6-11-9;1-5-6(2,3)4;2-1-4-3;;;/h4-13H,1-3H3;4-7,11-12H,1-3H3;1-6H;5H2,1-4H3;1,3H;;;/q;;;;;2*+1;-1/p-1. The largest absolute Gasteiger partial charge is 1.00 e. The Morgan fingerprint density at radius 3 is 1.46 bits per heavy atom. The third-order valence-corrected chi connectivity index (χ3v) is 15.1. The van der Waals surface area contributed by atoms with Crippen LogP contribution < -0.4 is 159 Å². The third-order valence-electron chi connectivity index (χ3n) is 8.50. The van der Waals surface area contributed by atoms with E-state index in [0.29, 0.717) is 10.6 Å². The van der Waals surface area contributed by atoms with Gasteiger partial charge in [-0.05, 0) is 28.4 Å². The molecule has 0 aliphatic carbocycles. The van der Waals surface area contributed by atoms with Gasteiger partial charge in [-0.25, -0.2) is 4.98 Å². The number of hydrogen-bond donors (Lipinski definition) is 2. The first-order chi connectivity index (χ1) is 25.3. The summed E-state index contributed by atoms with van der Waals surface area (Å²) in [6.07, 6.45) is 3.61. The second kappa shape index (κ2) is 27.9. The molecule has 6 aromatic rings. The van der Waals surface area contributed by atoms with Crippen molar-refractivity contribution in [1.82, 2.24) is 9.97 Å². The maximum absolute atomic E-state index is 8.88. The van der Waals surface area contributed by atoms with E-state index in [1.54, 1.807) is 18.3 Å². The molecular weight excluding hydrogens is 1010 g/mol. The van der Waals surface area contributed by atoms with Crippen molar-refractivity contribution in [1.29, 1.82) is 0 Å². The summed E-state index contributed by atoms with van der Waals surface area (Å²) in [6, 6.07) is 38.2. The van der Waals surface area contributed by atoms with Crippen molar-refractivity contribution in [3.05, 3.63) is 127 Å². The summed E-state index contributed by atoms with van der Waals surface area (Å²) in [5.74, 6) is 0. The Morgan fingerprint density at radius 1 is 0.679 bits per heavy atom. The summed E-state index contributed by atoms with van der Waals surface area (Å²) < 4.78 is 0. The van der Waals surface area contributed by atoms with Crippen LogP contribution in [0.3, 0.4) is 0 Å². The van der Waals surface area contributed by atoms with Crippen LogP contribution in [0.4, 0.5) is 0 Å². The van der Waals surface area contributed by atoms with Crippen molar-refractivity contribution in [3.8, 4) is 11.3 Å². The molecule has 2 N–H and O–H groups in total. The molecular formula is C42H56BClCs2N2O5Si3. The molecule has 6 rings (SSSR count). The first-order valence-electron chi connectivity index (χ1n) is 17.9. The fourth-order valence-electron chi connectivity index (χ4n) is 4.72. The van der Waals surface area contributed by atoms with Gasteiger partial charge in [0, 0.05) is 36.8 Å². The molecule has 0 atom stereocenters. The van der Waals surface area contributed by atoms with E-state index in [1.165, 1.54) is 32.8 Å². The molecule has 0 aliphatic heterocycles. The third kappa shape index (κ3) is 20.6. The van der Waals surface area contributed by atoms with Crippen LogP contribution in [0.1, 0.15) is 8.35 Å². The van der Waals surface area contributed by atoms with E-state index in [2.05, 4.69) is 135 Å². The number of nitrogens with zero attached hydrogens (tertiary/aromatic N) is 2. The zero-order valence-corrected chi connectivity index (χ0v) is 51.6.